The summed E-state index contributed by atoms with van der Waals surface area (Å²) in [6, 6.07) is 5.83. The van der Waals surface area contributed by atoms with Crippen LogP contribution in [-0.4, -0.2) is 24.6 Å². The van der Waals surface area contributed by atoms with Gasteiger partial charge in [0.15, 0.2) is 0 Å². The quantitative estimate of drug-likeness (QED) is 0.481. The third-order valence-electron chi connectivity index (χ3n) is 2.84. The predicted octanol–water partition coefficient (Wildman–Crippen LogP) is 1.19. The van der Waals surface area contributed by atoms with E-state index < -0.39 is 16.0 Å². The lowest BCUT2D eigenvalue weighted by molar-refractivity contribution is -0.114. The summed E-state index contributed by atoms with van der Waals surface area (Å²) >= 11 is 1.48. The van der Waals surface area contributed by atoms with E-state index in [1.54, 1.807) is 6.07 Å². The molecule has 0 aromatic heterocycles. The number of allylic oxidation sites excluding steroid dienone is 1. The molecule has 1 heterocycles. The molecule has 0 unspecified atom stereocenters. The van der Waals surface area contributed by atoms with Crippen molar-refractivity contribution in [1.82, 2.24) is 0 Å². The molecule has 1 aromatic rings. The van der Waals surface area contributed by atoms with Gasteiger partial charge in [0.2, 0.25) is 0 Å². The van der Waals surface area contributed by atoms with E-state index in [0.29, 0.717) is 23.3 Å². The summed E-state index contributed by atoms with van der Waals surface area (Å²) in [5.41, 5.74) is 5.85. The molecule has 1 amide bonds. The number of benzene rings is 1. The van der Waals surface area contributed by atoms with Gasteiger partial charge in [0.25, 0.3) is 16.0 Å². The largest absolute Gasteiger partial charge is 0.365 e. The van der Waals surface area contributed by atoms with Crippen LogP contribution in [0.1, 0.15) is 12.0 Å². The van der Waals surface area contributed by atoms with Crippen LogP contribution in [0.3, 0.4) is 0 Å². The maximum Gasteiger partial charge on any atom is 0.294 e. The molecule has 6 nitrogen and oxygen atoms in total. The Kier molecular flexibility index (Phi) is 3.85. The molecule has 1 aliphatic heterocycles. The van der Waals surface area contributed by atoms with Gasteiger partial charge in [0.05, 0.1) is 4.90 Å². The number of nitrogens with two attached hydrogens (primary N) is 1. The van der Waals surface area contributed by atoms with Gasteiger partial charge in [-0.3, -0.25) is 9.35 Å². The number of primary amides is 1. The Hall–Kier alpha value is -1.82. The maximum absolute atomic E-state index is 11.3. The van der Waals surface area contributed by atoms with E-state index in [1.165, 1.54) is 30.0 Å². The standard InChI is InChI=1S/C12H10N2O4S2/c13-6-10(12(14)15)8-3-4-19-11-2-1-7(5-9(8)11)20(16,17)18/h1-2,5H,3-4H2,(H2,14,15)(H,16,17,18)/b10-8+. The van der Waals surface area contributed by atoms with E-state index in [-0.39, 0.29) is 10.5 Å². The minimum Gasteiger partial charge on any atom is -0.365 e. The third kappa shape index (κ3) is 2.70. The maximum atomic E-state index is 11.3. The van der Waals surface area contributed by atoms with Crippen molar-refractivity contribution in [3.8, 4) is 6.07 Å². The van der Waals surface area contributed by atoms with Crippen LogP contribution < -0.4 is 5.73 Å². The van der Waals surface area contributed by atoms with Crippen LogP contribution in [-0.2, 0) is 14.9 Å². The van der Waals surface area contributed by atoms with Crippen LogP contribution in [0.25, 0.3) is 5.57 Å². The third-order valence-corrected chi connectivity index (χ3v) is 4.77. The minimum absolute atomic E-state index is 0.181. The highest BCUT2D eigenvalue weighted by Crippen LogP contribution is 2.39. The minimum atomic E-state index is -4.34. The first-order valence-corrected chi connectivity index (χ1v) is 7.95. The van der Waals surface area contributed by atoms with Crippen LogP contribution in [0.4, 0.5) is 0 Å². The summed E-state index contributed by atoms with van der Waals surface area (Å²) in [5, 5.41) is 9.02. The van der Waals surface area contributed by atoms with Gasteiger partial charge in [0, 0.05) is 10.6 Å². The zero-order chi connectivity index (χ0) is 14.9. The second-order valence-corrected chi connectivity index (χ2v) is 6.62. The predicted molar refractivity (Wildman–Crippen MR) is 73.3 cm³/mol. The molecule has 0 saturated carbocycles. The number of carbonyl (C=O) groups is 1. The molecule has 0 atom stereocenters. The van der Waals surface area contributed by atoms with Crippen molar-refractivity contribution >= 4 is 33.4 Å². The van der Waals surface area contributed by atoms with Gasteiger partial charge in [-0.2, -0.15) is 13.7 Å². The highest BCUT2D eigenvalue weighted by molar-refractivity contribution is 7.99. The number of thioether (sulfide) groups is 1. The van der Waals surface area contributed by atoms with Crippen LogP contribution in [0.2, 0.25) is 0 Å². The number of carbonyl (C=O) groups excluding carboxylic acids is 1. The molecule has 0 bridgehead atoms. The fourth-order valence-corrected chi connectivity index (χ4v) is 3.49. The van der Waals surface area contributed by atoms with Gasteiger partial charge in [-0.15, -0.1) is 11.8 Å². The highest BCUT2D eigenvalue weighted by Gasteiger charge is 2.23. The molecule has 3 N–H and O–H groups in total. The molecule has 1 aromatic carbocycles. The monoisotopic (exact) mass is 310 g/mol. The molecule has 20 heavy (non-hydrogen) atoms. The molecule has 104 valence electrons. The molecule has 0 spiro atoms. The lowest BCUT2D eigenvalue weighted by Crippen LogP contribution is -2.16. The Balaban J connectivity index is 2.73. The number of nitrogens with zero attached hydrogens (tertiary/aromatic N) is 1. The number of rotatable bonds is 2. The van der Waals surface area contributed by atoms with Crippen LogP contribution in [0.5, 0.6) is 0 Å². The van der Waals surface area contributed by atoms with Crippen molar-refractivity contribution in [3.05, 3.63) is 29.3 Å². The summed E-state index contributed by atoms with van der Waals surface area (Å²) in [4.78, 5) is 11.8. The van der Waals surface area contributed by atoms with E-state index in [4.69, 9.17) is 15.5 Å². The van der Waals surface area contributed by atoms with Gasteiger partial charge < -0.3 is 5.73 Å². The Morgan fingerprint density at radius 1 is 1.45 bits per heavy atom. The van der Waals surface area contributed by atoms with E-state index in [1.807, 2.05) is 0 Å². The molecule has 0 radical (unpaired) electrons. The second-order valence-electron chi connectivity index (χ2n) is 4.06. The summed E-state index contributed by atoms with van der Waals surface area (Å²) in [6.45, 7) is 0. The van der Waals surface area contributed by atoms with Gasteiger partial charge >= 0.3 is 0 Å². The van der Waals surface area contributed by atoms with Crippen molar-refractivity contribution < 1.29 is 17.8 Å². The van der Waals surface area contributed by atoms with E-state index in [0.717, 1.165) is 4.90 Å². The van der Waals surface area contributed by atoms with Crippen LogP contribution in [0, 0.1) is 11.3 Å². The Morgan fingerprint density at radius 2 is 2.15 bits per heavy atom. The molecule has 0 aliphatic carbocycles. The molecule has 1 aliphatic rings. The van der Waals surface area contributed by atoms with Crippen molar-refractivity contribution in [3.63, 3.8) is 0 Å². The fourth-order valence-electron chi connectivity index (χ4n) is 1.96. The molecular formula is C12H10N2O4S2. The second kappa shape index (κ2) is 5.28. The summed E-state index contributed by atoms with van der Waals surface area (Å²) in [5.74, 6) is -0.191. The lowest BCUT2D eigenvalue weighted by atomic mass is 9.97. The number of hydrogen-bond acceptors (Lipinski definition) is 5. The van der Waals surface area contributed by atoms with Gasteiger partial charge in [0.1, 0.15) is 11.6 Å². The normalized spacial score (nSPS) is 17.0. The summed E-state index contributed by atoms with van der Waals surface area (Å²) in [7, 11) is -4.34. The van der Waals surface area contributed by atoms with Gasteiger partial charge in [-0.1, -0.05) is 0 Å². The van der Waals surface area contributed by atoms with Crippen molar-refractivity contribution in [2.45, 2.75) is 16.2 Å². The molecular weight excluding hydrogens is 300 g/mol. The van der Waals surface area contributed by atoms with E-state index in [9.17, 15) is 13.2 Å². The molecule has 2 rings (SSSR count). The first-order chi connectivity index (χ1) is 9.34. The van der Waals surface area contributed by atoms with E-state index >= 15 is 0 Å². The summed E-state index contributed by atoms with van der Waals surface area (Å²) < 4.78 is 31.4. The average Bonchev–Trinajstić information content (AvgIpc) is 2.37. The molecule has 0 saturated heterocycles. The van der Waals surface area contributed by atoms with Crippen molar-refractivity contribution in [2.24, 2.45) is 5.73 Å². The Labute approximate surface area is 120 Å². The van der Waals surface area contributed by atoms with Crippen LogP contribution in [0.15, 0.2) is 33.6 Å². The van der Waals surface area contributed by atoms with E-state index in [2.05, 4.69) is 0 Å². The summed E-state index contributed by atoms with van der Waals surface area (Å²) in [6.07, 6.45) is 0.429. The topological polar surface area (TPSA) is 121 Å². The zero-order valence-electron chi connectivity index (χ0n) is 10.2. The van der Waals surface area contributed by atoms with Crippen molar-refractivity contribution in [1.29, 1.82) is 5.26 Å². The molecule has 0 fully saturated rings. The SMILES string of the molecule is N#C/C(C(N)=O)=C1/CCSc2ccc(S(=O)(=O)O)cc21. The van der Waals surface area contributed by atoms with Gasteiger partial charge in [-0.25, -0.2) is 0 Å². The molecule has 8 heteroatoms. The smallest absolute Gasteiger partial charge is 0.294 e. The Morgan fingerprint density at radius 3 is 2.70 bits per heavy atom. The van der Waals surface area contributed by atoms with Crippen molar-refractivity contribution in [2.75, 3.05) is 5.75 Å². The number of hydrogen-bond donors (Lipinski definition) is 2. The first kappa shape index (κ1) is 14.6. The lowest BCUT2D eigenvalue weighted by Gasteiger charge is -2.19. The van der Waals surface area contributed by atoms with Gasteiger partial charge in [-0.05, 0) is 35.8 Å². The first-order valence-electron chi connectivity index (χ1n) is 5.52. The highest BCUT2D eigenvalue weighted by atomic mass is 32.2. The number of nitriles is 1. The number of fused-ring (bicyclic) bond motifs is 1. The Bertz CT molecular complexity index is 760. The number of amides is 1. The van der Waals surface area contributed by atoms with Crippen LogP contribution >= 0.6 is 11.8 Å². The fraction of sp³-hybridized carbons (Fsp3) is 0.167. The zero-order valence-corrected chi connectivity index (χ0v) is 11.8. The average molecular weight is 310 g/mol.